The number of nitrogens with zero attached hydrogens (tertiary/aromatic N) is 4. The zero-order valence-corrected chi connectivity index (χ0v) is 15.3. The van der Waals surface area contributed by atoms with Gasteiger partial charge in [0, 0.05) is 33.2 Å². The van der Waals surface area contributed by atoms with Gasteiger partial charge in [-0.3, -0.25) is 9.59 Å². The maximum atomic E-state index is 12.9. The number of fused-ring (bicyclic) bond motifs is 1. The number of morpholine rings is 1. The fraction of sp³-hybridized carbons (Fsp3) is 0.722. The molecule has 3 heterocycles. The minimum absolute atomic E-state index is 0.0655. The minimum atomic E-state index is -0.0855. The van der Waals surface area contributed by atoms with E-state index in [-0.39, 0.29) is 11.8 Å². The van der Waals surface area contributed by atoms with Gasteiger partial charge in [-0.15, -0.1) is 0 Å². The Morgan fingerprint density at radius 1 is 1.20 bits per heavy atom. The lowest BCUT2D eigenvalue weighted by molar-refractivity contribution is 0.0298. The van der Waals surface area contributed by atoms with Crippen molar-refractivity contribution in [3.8, 4) is 0 Å². The lowest BCUT2D eigenvalue weighted by atomic mass is 10.1. The van der Waals surface area contributed by atoms with Gasteiger partial charge in [0.15, 0.2) is 5.82 Å². The molecule has 0 unspecified atom stereocenters. The van der Waals surface area contributed by atoms with Crippen molar-refractivity contribution in [2.24, 2.45) is 0 Å². The maximum absolute atomic E-state index is 12.9. The Balaban J connectivity index is 1.88. The third kappa shape index (κ3) is 3.71. The van der Waals surface area contributed by atoms with Crippen molar-refractivity contribution < 1.29 is 14.3 Å². The van der Waals surface area contributed by atoms with Gasteiger partial charge in [0.05, 0.1) is 18.9 Å². The van der Waals surface area contributed by atoms with Crippen molar-refractivity contribution in [3.05, 3.63) is 17.2 Å². The van der Waals surface area contributed by atoms with Gasteiger partial charge in [0.25, 0.3) is 11.8 Å². The molecule has 3 rings (SSSR count). The molecular formula is C18H28N4O3. The fourth-order valence-corrected chi connectivity index (χ4v) is 3.46. The van der Waals surface area contributed by atoms with Crippen LogP contribution in [0.1, 0.15) is 59.4 Å². The average Bonchev–Trinajstić information content (AvgIpc) is 3.05. The number of carbonyl (C=O) groups is 2. The van der Waals surface area contributed by atoms with Crippen LogP contribution in [-0.2, 0) is 17.7 Å². The molecule has 2 aliphatic heterocycles. The van der Waals surface area contributed by atoms with Crippen molar-refractivity contribution in [2.45, 2.75) is 45.6 Å². The zero-order chi connectivity index (χ0) is 17.8. The SMILES string of the molecule is CCCCN(C)C(=O)c1nc(C(=O)N2CCOCC2)c2n1CCCC2. The van der Waals surface area contributed by atoms with Gasteiger partial charge in [0.2, 0.25) is 0 Å². The Hall–Kier alpha value is -1.89. The zero-order valence-electron chi connectivity index (χ0n) is 15.3. The molecule has 0 N–H and O–H groups in total. The number of hydrogen-bond acceptors (Lipinski definition) is 4. The average molecular weight is 348 g/mol. The van der Waals surface area contributed by atoms with Gasteiger partial charge in [-0.1, -0.05) is 13.3 Å². The summed E-state index contributed by atoms with van der Waals surface area (Å²) in [5.41, 5.74) is 1.39. The second kappa shape index (κ2) is 7.99. The molecule has 0 aliphatic carbocycles. The molecule has 0 bridgehead atoms. The summed E-state index contributed by atoms with van der Waals surface area (Å²) in [6.07, 6.45) is 4.87. The van der Waals surface area contributed by atoms with E-state index in [9.17, 15) is 9.59 Å². The molecule has 0 atom stereocenters. The number of hydrogen-bond donors (Lipinski definition) is 0. The highest BCUT2D eigenvalue weighted by atomic mass is 16.5. The number of aromatic nitrogens is 2. The highest BCUT2D eigenvalue weighted by Gasteiger charge is 2.31. The topological polar surface area (TPSA) is 67.7 Å². The van der Waals surface area contributed by atoms with Gasteiger partial charge in [-0.05, 0) is 25.7 Å². The van der Waals surface area contributed by atoms with Crippen molar-refractivity contribution >= 4 is 11.8 Å². The minimum Gasteiger partial charge on any atom is -0.378 e. The first-order valence-electron chi connectivity index (χ1n) is 9.35. The number of imidazole rings is 1. The predicted molar refractivity (Wildman–Crippen MR) is 93.8 cm³/mol. The standard InChI is InChI=1S/C18H28N4O3/c1-3-4-8-20(2)18(24)16-19-15(14-7-5-6-9-22(14)16)17(23)21-10-12-25-13-11-21/h3-13H2,1-2H3. The van der Waals surface area contributed by atoms with Crippen LogP contribution in [0, 0.1) is 0 Å². The van der Waals surface area contributed by atoms with Crippen molar-refractivity contribution in [3.63, 3.8) is 0 Å². The molecule has 1 fully saturated rings. The van der Waals surface area contributed by atoms with Gasteiger partial charge in [0.1, 0.15) is 5.69 Å². The second-order valence-corrected chi connectivity index (χ2v) is 6.82. The molecule has 0 radical (unpaired) electrons. The monoisotopic (exact) mass is 348 g/mol. The number of rotatable bonds is 5. The molecule has 0 saturated carbocycles. The van der Waals surface area contributed by atoms with Gasteiger partial charge in [-0.25, -0.2) is 4.98 Å². The molecular weight excluding hydrogens is 320 g/mol. The summed E-state index contributed by atoms with van der Waals surface area (Å²) in [6.45, 7) is 5.89. The first kappa shape index (κ1) is 17.9. The second-order valence-electron chi connectivity index (χ2n) is 6.82. The summed E-state index contributed by atoms with van der Waals surface area (Å²) in [5, 5.41) is 0. The van der Waals surface area contributed by atoms with Crippen LogP contribution in [0.4, 0.5) is 0 Å². The maximum Gasteiger partial charge on any atom is 0.289 e. The van der Waals surface area contributed by atoms with E-state index < -0.39 is 0 Å². The Labute approximate surface area is 148 Å². The van der Waals surface area contributed by atoms with Gasteiger partial charge >= 0.3 is 0 Å². The van der Waals surface area contributed by atoms with Crippen molar-refractivity contribution in [1.29, 1.82) is 0 Å². The number of carbonyl (C=O) groups excluding carboxylic acids is 2. The molecule has 2 aliphatic rings. The molecule has 1 aromatic rings. The van der Waals surface area contributed by atoms with Crippen LogP contribution in [0.5, 0.6) is 0 Å². The third-order valence-corrected chi connectivity index (χ3v) is 5.00. The Kier molecular flexibility index (Phi) is 5.73. The highest BCUT2D eigenvalue weighted by Crippen LogP contribution is 2.23. The number of ether oxygens (including phenoxy) is 1. The number of amides is 2. The van der Waals surface area contributed by atoms with Gasteiger partial charge < -0.3 is 19.1 Å². The van der Waals surface area contributed by atoms with E-state index in [1.807, 2.05) is 11.6 Å². The van der Waals surface area contributed by atoms with E-state index >= 15 is 0 Å². The third-order valence-electron chi connectivity index (χ3n) is 5.00. The summed E-state index contributed by atoms with van der Waals surface area (Å²) in [5.74, 6) is 0.270. The molecule has 138 valence electrons. The summed E-state index contributed by atoms with van der Waals surface area (Å²) < 4.78 is 7.30. The molecule has 25 heavy (non-hydrogen) atoms. The van der Waals surface area contributed by atoms with Crippen LogP contribution >= 0.6 is 0 Å². The molecule has 2 amide bonds. The van der Waals surface area contributed by atoms with Crippen LogP contribution in [0.25, 0.3) is 0 Å². The first-order valence-corrected chi connectivity index (χ1v) is 9.35. The molecule has 1 saturated heterocycles. The molecule has 0 spiro atoms. The van der Waals surface area contributed by atoms with E-state index in [0.29, 0.717) is 44.4 Å². The lowest BCUT2D eigenvalue weighted by Gasteiger charge is -2.26. The smallest absolute Gasteiger partial charge is 0.289 e. The fourth-order valence-electron chi connectivity index (χ4n) is 3.46. The highest BCUT2D eigenvalue weighted by molar-refractivity contribution is 5.97. The van der Waals surface area contributed by atoms with E-state index in [1.54, 1.807) is 9.80 Å². The molecule has 7 nitrogen and oxygen atoms in total. The van der Waals surface area contributed by atoms with Crippen molar-refractivity contribution in [2.75, 3.05) is 39.9 Å². The van der Waals surface area contributed by atoms with Gasteiger partial charge in [-0.2, -0.15) is 0 Å². The van der Waals surface area contributed by atoms with Crippen LogP contribution in [-0.4, -0.2) is 71.1 Å². The molecule has 7 heteroatoms. The first-order chi connectivity index (χ1) is 12.1. The summed E-state index contributed by atoms with van der Waals surface area (Å²) >= 11 is 0. The summed E-state index contributed by atoms with van der Waals surface area (Å²) in [6, 6.07) is 0. The lowest BCUT2D eigenvalue weighted by Crippen LogP contribution is -2.41. The van der Waals surface area contributed by atoms with E-state index in [4.69, 9.17) is 4.74 Å². The van der Waals surface area contributed by atoms with Crippen LogP contribution in [0.3, 0.4) is 0 Å². The summed E-state index contributed by atoms with van der Waals surface area (Å²) in [7, 11) is 1.81. The van der Waals surface area contributed by atoms with Crippen LogP contribution < -0.4 is 0 Å². The number of unbranched alkanes of at least 4 members (excludes halogenated alkanes) is 1. The van der Waals surface area contributed by atoms with Crippen LogP contribution in [0.15, 0.2) is 0 Å². The van der Waals surface area contributed by atoms with Crippen LogP contribution in [0.2, 0.25) is 0 Å². The quantitative estimate of drug-likeness (QED) is 0.810. The Morgan fingerprint density at radius 3 is 2.68 bits per heavy atom. The predicted octanol–water partition coefficient (Wildman–Crippen LogP) is 1.56. The Bertz CT molecular complexity index is 635. The van der Waals surface area contributed by atoms with E-state index in [2.05, 4.69) is 11.9 Å². The Morgan fingerprint density at radius 2 is 1.96 bits per heavy atom. The van der Waals surface area contributed by atoms with Crippen molar-refractivity contribution in [1.82, 2.24) is 19.4 Å². The normalized spacial score (nSPS) is 17.3. The molecule has 0 aromatic carbocycles. The largest absolute Gasteiger partial charge is 0.378 e. The van der Waals surface area contributed by atoms with E-state index in [1.165, 1.54) is 0 Å². The molecule has 1 aromatic heterocycles. The summed E-state index contributed by atoms with van der Waals surface area (Å²) in [4.78, 5) is 33.8. The van der Waals surface area contributed by atoms with E-state index in [0.717, 1.165) is 44.3 Å².